The molecule has 0 fully saturated rings. The topological polar surface area (TPSA) is 80.9 Å². The van der Waals surface area contributed by atoms with Crippen molar-refractivity contribution in [1.82, 2.24) is 0 Å². The molecule has 0 saturated heterocycles. The van der Waals surface area contributed by atoms with Crippen LogP contribution >= 0.6 is 12.4 Å². The fourth-order valence-electron chi connectivity index (χ4n) is 0. The second kappa shape index (κ2) is 24.1. The number of rotatable bonds is 0. The maximum atomic E-state index is 7.33. The van der Waals surface area contributed by atoms with Gasteiger partial charge in [0.25, 0.3) is 0 Å². The Bertz CT molecular complexity index is 58.1. The van der Waals surface area contributed by atoms with Crippen LogP contribution in [0.15, 0.2) is 0 Å². The van der Waals surface area contributed by atoms with Crippen molar-refractivity contribution in [1.29, 1.82) is 0 Å². The molecular weight excluding hydrogens is 276 g/mol. The van der Waals surface area contributed by atoms with Crippen LogP contribution in [-0.4, -0.2) is 83.3 Å². The van der Waals surface area contributed by atoms with Crippen LogP contribution in [0.3, 0.4) is 0 Å². The van der Waals surface area contributed by atoms with Gasteiger partial charge in [-0.2, -0.15) is 0 Å². The van der Waals surface area contributed by atoms with E-state index in [4.69, 9.17) is 19.2 Å². The average molecular weight is 289 g/mol. The zero-order valence-electron chi connectivity index (χ0n) is 9.81. The molecule has 0 saturated carbocycles. The van der Waals surface area contributed by atoms with Gasteiger partial charge in [-0.15, -0.1) is 12.4 Å². The van der Waals surface area contributed by atoms with Crippen LogP contribution in [0.25, 0.3) is 0 Å². The predicted molar refractivity (Wildman–Crippen MR) is 44.5 cm³/mol. The first-order valence-corrected chi connectivity index (χ1v) is 2.68. The van der Waals surface area contributed by atoms with Crippen LogP contribution < -0.4 is 80.9 Å². The third kappa shape index (κ3) is 107. The molecule has 0 aromatic carbocycles. The van der Waals surface area contributed by atoms with Crippen LogP contribution in [0.1, 0.15) is 5.71 Å². The molecule has 0 atom stereocenters. The first-order chi connectivity index (χ1) is 2.00. The van der Waals surface area contributed by atoms with Gasteiger partial charge in [0.1, 0.15) is 0 Å². The van der Waals surface area contributed by atoms with Gasteiger partial charge in [0.05, 0.1) is 0 Å². The molecule has 0 rings (SSSR count). The van der Waals surface area contributed by atoms with E-state index in [9.17, 15) is 0 Å². The van der Waals surface area contributed by atoms with E-state index in [1.165, 1.54) is 0 Å². The molecule has 4 nitrogen and oxygen atoms in total. The Morgan fingerprint density at radius 3 is 1.00 bits per heavy atom. The third-order valence-corrected chi connectivity index (χ3v) is 0. The molecule has 0 bridgehead atoms. The third-order valence-electron chi connectivity index (χ3n) is 0. The molecule has 11 heteroatoms. The van der Waals surface area contributed by atoms with E-state index in [2.05, 4.69) is 0 Å². The van der Waals surface area contributed by atoms with Gasteiger partial charge < -0.3 is 24.9 Å². The van der Waals surface area contributed by atoms with Crippen LogP contribution in [0.4, 0.5) is 4.70 Å². The van der Waals surface area contributed by atoms with E-state index in [0.29, 0.717) is 0 Å². The molecule has 11 heavy (non-hydrogen) atoms. The first kappa shape index (κ1) is 44.8. The summed E-state index contributed by atoms with van der Waals surface area (Å²) in [5.74, 6) is 0. The minimum absolute atomic E-state index is 0. The fourth-order valence-corrected chi connectivity index (χ4v) is 0. The van der Waals surface area contributed by atoms with Gasteiger partial charge in [0, 0.05) is 0 Å². The normalized spacial score (nSPS) is 5.45. The van der Waals surface area contributed by atoms with Crippen LogP contribution in [-0.2, 0) is 0 Å². The van der Waals surface area contributed by atoms with Crippen LogP contribution in [0.5, 0.6) is 0 Å². The minimum atomic E-state index is -4.61. The molecule has 0 aromatic rings. The summed E-state index contributed by atoms with van der Waals surface area (Å²) in [7, 11) is -4.61. The van der Waals surface area contributed by atoms with Crippen molar-refractivity contribution in [2.24, 2.45) is 0 Å². The molecule has 0 aliphatic rings. The van der Waals surface area contributed by atoms with Gasteiger partial charge in [0.15, 0.2) is 17.4 Å². The SMILES string of the molecule is Cl.F.O[Si](O)(O)O.[AlH3].[Ca+2].[H-].[H-].[H-].[H-].[K+].[Na+]. The molecule has 0 unspecified atom stereocenters. The fraction of sp³-hybridized carbons (Fsp3) is 0. The summed E-state index contributed by atoms with van der Waals surface area (Å²) in [4.78, 5) is 29.3. The Balaban J connectivity index is -0.00000000178. The zero-order chi connectivity index (χ0) is 4.50. The van der Waals surface area contributed by atoms with E-state index >= 15 is 0 Å². The molecule has 0 spiro atoms. The van der Waals surface area contributed by atoms with Crippen molar-refractivity contribution in [3.63, 3.8) is 0 Å². The molecule has 0 aliphatic heterocycles. The van der Waals surface area contributed by atoms with E-state index in [1.54, 1.807) is 0 Å². The van der Waals surface area contributed by atoms with Gasteiger partial charge in [-0.25, -0.2) is 0 Å². The Labute approximate surface area is 183 Å². The van der Waals surface area contributed by atoms with E-state index in [1.807, 2.05) is 0 Å². The van der Waals surface area contributed by atoms with E-state index in [0.717, 1.165) is 0 Å². The summed E-state index contributed by atoms with van der Waals surface area (Å²) in [6.07, 6.45) is 0. The number of hydrogen-bond donors (Lipinski definition) is 4. The molecule has 0 amide bonds. The summed E-state index contributed by atoms with van der Waals surface area (Å²) < 4.78 is 0. The minimum Gasteiger partial charge on any atom is -1.00 e. The van der Waals surface area contributed by atoms with Crippen molar-refractivity contribution in [2.45, 2.75) is 0 Å². The molecule has 0 aromatic heterocycles. The second-order valence-corrected chi connectivity index (χ2v) is 1.80. The maximum absolute atomic E-state index is 7.33. The van der Waals surface area contributed by atoms with Gasteiger partial charge in [0.2, 0.25) is 0 Å². The molecule has 0 aliphatic carbocycles. The number of halogens is 2. The van der Waals surface area contributed by atoms with Crippen molar-refractivity contribution in [2.75, 3.05) is 0 Å². The second-order valence-electron chi connectivity index (χ2n) is 0.600. The molecule has 0 radical (unpaired) electrons. The maximum Gasteiger partial charge on any atom is 2.00 e. The van der Waals surface area contributed by atoms with Crippen molar-refractivity contribution in [3.8, 4) is 0 Å². The summed E-state index contributed by atoms with van der Waals surface area (Å²) >= 11 is 0. The largest absolute Gasteiger partial charge is 2.00 e. The van der Waals surface area contributed by atoms with Gasteiger partial charge >= 0.3 is 128 Å². The Hall–Kier alpha value is 4.71. The average Bonchev–Trinajstić information content (AvgIpc) is 0.722. The summed E-state index contributed by atoms with van der Waals surface area (Å²) in [5.41, 5.74) is 0. The van der Waals surface area contributed by atoms with Crippen LogP contribution in [0.2, 0.25) is 0 Å². The summed E-state index contributed by atoms with van der Waals surface area (Å²) in [6.45, 7) is 0. The predicted octanol–water partition coefficient (Wildman–Crippen LogP) is -9.14. The monoisotopic (exact) mass is 288 g/mol. The van der Waals surface area contributed by atoms with Gasteiger partial charge in [-0.05, 0) is 0 Å². The van der Waals surface area contributed by atoms with E-state index in [-0.39, 0.29) is 159 Å². The zero-order valence-corrected chi connectivity index (χ0v) is 15.0. The summed E-state index contributed by atoms with van der Waals surface area (Å²) in [5, 5.41) is 0. The molecular formula is H13AlCaClFKNaO4Si. The molecule has 4 N–H and O–H groups in total. The quantitative estimate of drug-likeness (QED) is 0.334. The Kier molecular flexibility index (Phi) is 98.2. The summed E-state index contributed by atoms with van der Waals surface area (Å²) in [6, 6.07) is 0. The smallest absolute Gasteiger partial charge is 1.00 e. The van der Waals surface area contributed by atoms with Gasteiger partial charge in [-0.3, -0.25) is 4.70 Å². The molecule has 62 valence electrons. The standard InChI is InChI=1S/Al.Ca.ClH.FH.K.Na.H4O4Si.7H/c;;;;;;1-5(2,3)4;;;;;;;/h;;2*1H;;;1-4H;;;;;;;/q;+2;;;2*+1;;;;;4*-1. The van der Waals surface area contributed by atoms with E-state index < -0.39 is 9.05 Å². The Morgan fingerprint density at radius 2 is 1.00 bits per heavy atom. The van der Waals surface area contributed by atoms with Crippen molar-refractivity contribution < 1.29 is 111 Å². The first-order valence-electron chi connectivity index (χ1n) is 0.894. The van der Waals surface area contributed by atoms with Crippen LogP contribution in [0, 0.1) is 0 Å². The van der Waals surface area contributed by atoms with Gasteiger partial charge in [-0.1, -0.05) is 0 Å². The molecule has 0 heterocycles. The van der Waals surface area contributed by atoms with Crippen molar-refractivity contribution >= 4 is 76.6 Å². The number of hydrogen-bond acceptors (Lipinski definition) is 4. The Morgan fingerprint density at radius 1 is 1.00 bits per heavy atom. The van der Waals surface area contributed by atoms with Crippen molar-refractivity contribution in [3.05, 3.63) is 0 Å².